The zero-order valence-electron chi connectivity index (χ0n) is 13.3. The maximum Gasteiger partial charge on any atom is 0.0304 e. The van der Waals surface area contributed by atoms with Crippen LogP contribution in [0.1, 0.15) is 50.3 Å². The highest BCUT2D eigenvalue weighted by atomic mass is 15.2. The first-order valence-electron chi connectivity index (χ1n) is 7.48. The summed E-state index contributed by atoms with van der Waals surface area (Å²) in [6, 6.07) is 6.72. The molecule has 2 N–H and O–H groups in total. The molecule has 0 heterocycles. The fraction of sp³-hybridized carbons (Fsp3) is 0.647. The van der Waals surface area contributed by atoms with E-state index in [4.69, 9.17) is 5.73 Å². The Hall–Kier alpha value is -0.860. The zero-order chi connectivity index (χ0) is 14.5. The van der Waals surface area contributed by atoms with Gasteiger partial charge in [0.2, 0.25) is 0 Å². The molecule has 19 heavy (non-hydrogen) atoms. The smallest absolute Gasteiger partial charge is 0.0304 e. The van der Waals surface area contributed by atoms with Crippen LogP contribution in [0.5, 0.6) is 0 Å². The molecule has 1 atom stereocenters. The van der Waals surface area contributed by atoms with E-state index in [1.54, 1.807) is 0 Å². The quantitative estimate of drug-likeness (QED) is 0.813. The van der Waals surface area contributed by atoms with Crippen LogP contribution in [-0.2, 0) is 6.54 Å². The van der Waals surface area contributed by atoms with E-state index in [-0.39, 0.29) is 5.54 Å². The van der Waals surface area contributed by atoms with Crippen molar-refractivity contribution in [2.75, 3.05) is 13.1 Å². The van der Waals surface area contributed by atoms with Crippen molar-refractivity contribution in [1.29, 1.82) is 0 Å². The lowest BCUT2D eigenvalue weighted by Gasteiger charge is -2.40. The van der Waals surface area contributed by atoms with Crippen LogP contribution in [0, 0.1) is 13.8 Å². The van der Waals surface area contributed by atoms with Gasteiger partial charge in [-0.05, 0) is 51.3 Å². The summed E-state index contributed by atoms with van der Waals surface area (Å²) in [5.74, 6) is 0. The second-order valence-corrected chi connectivity index (χ2v) is 5.91. The average molecular weight is 262 g/mol. The van der Waals surface area contributed by atoms with Gasteiger partial charge in [0.25, 0.3) is 0 Å². The molecule has 2 nitrogen and oxygen atoms in total. The number of nitrogens with two attached hydrogens (primary N) is 1. The first-order chi connectivity index (χ1) is 8.96. The van der Waals surface area contributed by atoms with Crippen molar-refractivity contribution in [2.45, 2.75) is 59.5 Å². The summed E-state index contributed by atoms with van der Waals surface area (Å²) in [6.07, 6.45) is 2.26. The molecule has 0 bridgehead atoms. The van der Waals surface area contributed by atoms with E-state index in [0.29, 0.717) is 6.54 Å². The molecule has 0 fully saturated rings. The summed E-state index contributed by atoms with van der Waals surface area (Å²) in [5, 5.41) is 0. The lowest BCUT2D eigenvalue weighted by atomic mass is 9.94. The molecule has 108 valence electrons. The predicted octanol–water partition coefficient (Wildman–Crippen LogP) is 3.64. The van der Waals surface area contributed by atoms with E-state index in [2.05, 4.69) is 57.7 Å². The van der Waals surface area contributed by atoms with E-state index in [0.717, 1.165) is 19.5 Å². The van der Waals surface area contributed by atoms with Crippen molar-refractivity contribution >= 4 is 0 Å². The molecule has 0 radical (unpaired) electrons. The largest absolute Gasteiger partial charge is 0.329 e. The Kier molecular flexibility index (Phi) is 6.02. The summed E-state index contributed by atoms with van der Waals surface area (Å²) >= 11 is 0. The Morgan fingerprint density at radius 2 is 1.89 bits per heavy atom. The molecule has 1 aromatic rings. The monoisotopic (exact) mass is 262 g/mol. The minimum absolute atomic E-state index is 0.103. The summed E-state index contributed by atoms with van der Waals surface area (Å²) in [7, 11) is 0. The second kappa shape index (κ2) is 7.06. The normalized spacial score (nSPS) is 14.7. The SMILES string of the molecule is CCCN(Cc1cc(C)ccc1C)C(C)(CC)CN. The van der Waals surface area contributed by atoms with Gasteiger partial charge < -0.3 is 5.73 Å². The molecular formula is C17H30N2. The highest BCUT2D eigenvalue weighted by molar-refractivity contribution is 5.30. The van der Waals surface area contributed by atoms with Crippen molar-refractivity contribution < 1.29 is 0 Å². The summed E-state index contributed by atoms with van der Waals surface area (Å²) in [4.78, 5) is 2.55. The van der Waals surface area contributed by atoms with Gasteiger partial charge >= 0.3 is 0 Å². The van der Waals surface area contributed by atoms with Crippen LogP contribution in [0.25, 0.3) is 0 Å². The van der Waals surface area contributed by atoms with Crippen LogP contribution < -0.4 is 5.73 Å². The fourth-order valence-corrected chi connectivity index (χ4v) is 2.48. The second-order valence-electron chi connectivity index (χ2n) is 5.91. The van der Waals surface area contributed by atoms with E-state index in [1.165, 1.54) is 23.1 Å². The molecular weight excluding hydrogens is 232 g/mol. The summed E-state index contributed by atoms with van der Waals surface area (Å²) in [5.41, 5.74) is 10.3. The third kappa shape index (κ3) is 4.05. The fourth-order valence-electron chi connectivity index (χ4n) is 2.48. The molecule has 0 saturated carbocycles. The van der Waals surface area contributed by atoms with Gasteiger partial charge in [-0.1, -0.05) is 37.6 Å². The van der Waals surface area contributed by atoms with E-state index < -0.39 is 0 Å². The van der Waals surface area contributed by atoms with Crippen LogP contribution in [0.15, 0.2) is 18.2 Å². The Bertz CT molecular complexity index is 394. The molecule has 1 aromatic carbocycles. The maximum atomic E-state index is 6.03. The standard InChI is InChI=1S/C17H30N2/c1-6-10-19(17(5,7-2)13-18)12-16-11-14(3)8-9-15(16)4/h8-9,11H,6-7,10,12-13,18H2,1-5H3. The van der Waals surface area contributed by atoms with E-state index >= 15 is 0 Å². The number of nitrogens with zero attached hydrogens (tertiary/aromatic N) is 1. The third-order valence-electron chi connectivity index (χ3n) is 4.32. The van der Waals surface area contributed by atoms with Crippen molar-refractivity contribution in [3.63, 3.8) is 0 Å². The molecule has 1 unspecified atom stereocenters. The van der Waals surface area contributed by atoms with Gasteiger partial charge in [-0.15, -0.1) is 0 Å². The van der Waals surface area contributed by atoms with Crippen molar-refractivity contribution in [3.05, 3.63) is 34.9 Å². The molecule has 0 amide bonds. The first-order valence-corrected chi connectivity index (χ1v) is 7.48. The highest BCUT2D eigenvalue weighted by Crippen LogP contribution is 2.23. The topological polar surface area (TPSA) is 29.3 Å². The number of hydrogen-bond acceptors (Lipinski definition) is 2. The zero-order valence-corrected chi connectivity index (χ0v) is 13.3. The Morgan fingerprint density at radius 1 is 1.21 bits per heavy atom. The average Bonchev–Trinajstić information content (AvgIpc) is 2.41. The number of hydrogen-bond donors (Lipinski definition) is 1. The lowest BCUT2D eigenvalue weighted by Crippen LogP contribution is -2.51. The Morgan fingerprint density at radius 3 is 2.42 bits per heavy atom. The number of rotatable bonds is 7. The molecule has 0 spiro atoms. The third-order valence-corrected chi connectivity index (χ3v) is 4.32. The molecule has 0 aromatic heterocycles. The van der Waals surface area contributed by atoms with Crippen LogP contribution >= 0.6 is 0 Å². The molecule has 1 rings (SSSR count). The van der Waals surface area contributed by atoms with Crippen LogP contribution in [0.2, 0.25) is 0 Å². The molecule has 0 aliphatic carbocycles. The molecule has 0 aliphatic rings. The maximum absolute atomic E-state index is 6.03. The minimum Gasteiger partial charge on any atom is -0.329 e. The summed E-state index contributed by atoms with van der Waals surface area (Å²) < 4.78 is 0. The van der Waals surface area contributed by atoms with E-state index in [9.17, 15) is 0 Å². The van der Waals surface area contributed by atoms with Crippen LogP contribution in [0.4, 0.5) is 0 Å². The van der Waals surface area contributed by atoms with Gasteiger partial charge in [0.05, 0.1) is 0 Å². The van der Waals surface area contributed by atoms with Gasteiger partial charge in [0.15, 0.2) is 0 Å². The van der Waals surface area contributed by atoms with Crippen molar-refractivity contribution in [3.8, 4) is 0 Å². The number of benzene rings is 1. The van der Waals surface area contributed by atoms with Gasteiger partial charge in [0.1, 0.15) is 0 Å². The molecule has 0 saturated heterocycles. The van der Waals surface area contributed by atoms with Gasteiger partial charge in [-0.2, -0.15) is 0 Å². The Labute approximate surface area is 119 Å². The minimum atomic E-state index is 0.103. The Balaban J connectivity index is 2.98. The first kappa shape index (κ1) is 16.2. The van der Waals surface area contributed by atoms with Gasteiger partial charge in [-0.25, -0.2) is 0 Å². The van der Waals surface area contributed by atoms with Gasteiger partial charge in [-0.3, -0.25) is 4.90 Å². The lowest BCUT2D eigenvalue weighted by molar-refractivity contribution is 0.0970. The van der Waals surface area contributed by atoms with Crippen molar-refractivity contribution in [2.24, 2.45) is 5.73 Å². The van der Waals surface area contributed by atoms with Crippen LogP contribution in [0.3, 0.4) is 0 Å². The van der Waals surface area contributed by atoms with Gasteiger partial charge in [0, 0.05) is 18.6 Å². The summed E-state index contributed by atoms with van der Waals surface area (Å²) in [6.45, 7) is 13.9. The number of aryl methyl sites for hydroxylation is 2. The van der Waals surface area contributed by atoms with E-state index in [1.807, 2.05) is 0 Å². The van der Waals surface area contributed by atoms with Crippen molar-refractivity contribution in [1.82, 2.24) is 4.90 Å². The highest BCUT2D eigenvalue weighted by Gasteiger charge is 2.28. The van der Waals surface area contributed by atoms with Crippen LogP contribution in [-0.4, -0.2) is 23.5 Å². The predicted molar refractivity (Wildman–Crippen MR) is 84.4 cm³/mol. The molecule has 2 heteroatoms. The molecule has 0 aliphatic heterocycles.